The Labute approximate surface area is 192 Å². The summed E-state index contributed by atoms with van der Waals surface area (Å²) < 4.78 is 21.5. The summed E-state index contributed by atoms with van der Waals surface area (Å²) in [5.74, 6) is -1.85. The van der Waals surface area contributed by atoms with Gasteiger partial charge in [-0.05, 0) is 12.1 Å². The molecule has 3 heteroatoms. The van der Waals surface area contributed by atoms with Crippen molar-refractivity contribution in [3.63, 3.8) is 0 Å². The van der Waals surface area contributed by atoms with Crippen molar-refractivity contribution in [2.45, 2.75) is 11.3 Å². The maximum Gasteiger partial charge on any atom is 0.362 e. The fraction of sp³-hybridized carbons (Fsp3) is 0.0667. The minimum absolute atomic E-state index is 0.639. The summed E-state index contributed by atoms with van der Waals surface area (Å²) in [5, 5.41) is 0. The maximum atomic E-state index is 17.6. The first kappa shape index (κ1) is 19.6. The fourth-order valence-electron chi connectivity index (χ4n) is 5.39. The van der Waals surface area contributed by atoms with Crippen LogP contribution in [0.2, 0.25) is 0 Å². The van der Waals surface area contributed by atoms with Gasteiger partial charge in [-0.15, -0.1) is 0 Å². The lowest BCUT2D eigenvalue weighted by atomic mass is 9.66. The molecule has 3 aromatic carbocycles. The molecule has 2 heterocycles. The highest BCUT2D eigenvalue weighted by molar-refractivity contribution is 5.60. The molecule has 0 fully saturated rings. The maximum absolute atomic E-state index is 17.6. The number of benzene rings is 3. The number of aromatic nitrogens is 2. The molecule has 2 nitrogen and oxygen atoms in total. The fourth-order valence-corrected chi connectivity index (χ4v) is 5.39. The molecule has 5 aromatic rings. The molecule has 0 bridgehead atoms. The number of hydrogen-bond acceptors (Lipinski definition) is 0. The van der Waals surface area contributed by atoms with E-state index in [1.807, 2.05) is 78.9 Å². The molecule has 0 spiro atoms. The van der Waals surface area contributed by atoms with Gasteiger partial charge in [0.05, 0.1) is 11.1 Å². The van der Waals surface area contributed by atoms with Crippen LogP contribution in [0.15, 0.2) is 140 Å². The van der Waals surface area contributed by atoms with Crippen LogP contribution >= 0.6 is 0 Å². The van der Waals surface area contributed by atoms with Gasteiger partial charge in [0.15, 0.2) is 24.8 Å². The highest BCUT2D eigenvalue weighted by Gasteiger charge is 2.61. The van der Waals surface area contributed by atoms with Gasteiger partial charge in [-0.1, -0.05) is 78.9 Å². The van der Waals surface area contributed by atoms with Gasteiger partial charge >= 0.3 is 5.79 Å². The van der Waals surface area contributed by atoms with Crippen LogP contribution in [0.3, 0.4) is 0 Å². The van der Waals surface area contributed by atoms with Crippen molar-refractivity contribution in [2.75, 3.05) is 0 Å². The first-order chi connectivity index (χ1) is 16.3. The molecule has 1 aliphatic rings. The Morgan fingerprint density at radius 1 is 0.424 bits per heavy atom. The van der Waals surface area contributed by atoms with Crippen LogP contribution in [0.5, 0.6) is 0 Å². The van der Waals surface area contributed by atoms with Crippen molar-refractivity contribution in [1.82, 2.24) is 0 Å². The average Bonchev–Trinajstić information content (AvgIpc) is 2.91. The molecular weight excluding hydrogens is 407 g/mol. The number of fused-ring (bicyclic) bond motifs is 2. The number of nitrogens with zero attached hydrogens (tertiary/aromatic N) is 2. The Kier molecular flexibility index (Phi) is 4.44. The molecule has 0 saturated carbocycles. The minimum Gasteiger partial charge on any atom is -0.187 e. The molecule has 2 aromatic heterocycles. The first-order valence-corrected chi connectivity index (χ1v) is 11.2. The van der Waals surface area contributed by atoms with Crippen LogP contribution in [0.25, 0.3) is 0 Å². The molecule has 0 aliphatic heterocycles. The highest BCUT2D eigenvalue weighted by Crippen LogP contribution is 2.50. The van der Waals surface area contributed by atoms with Crippen LogP contribution < -0.4 is 9.13 Å². The molecule has 0 amide bonds. The van der Waals surface area contributed by atoms with Gasteiger partial charge in [-0.25, -0.2) is 0 Å². The summed E-state index contributed by atoms with van der Waals surface area (Å²) in [6.45, 7) is 0. The van der Waals surface area contributed by atoms with Gasteiger partial charge in [0.1, 0.15) is 0 Å². The standard InChI is InChI=1S/C30H23FN2/c31-30(33-22-12-3-13-23-33)27-18-8-6-16-25(27)29(24-14-4-1-5-15-24,32-20-10-2-11-21-32)26-17-7-9-19-28(26)30/h1-23H/q+2. The van der Waals surface area contributed by atoms with E-state index in [0.717, 1.165) is 16.7 Å². The van der Waals surface area contributed by atoms with E-state index in [0.29, 0.717) is 11.1 Å². The van der Waals surface area contributed by atoms with Gasteiger partial charge in [-0.2, -0.15) is 13.5 Å². The monoisotopic (exact) mass is 430 g/mol. The average molecular weight is 431 g/mol. The van der Waals surface area contributed by atoms with Crippen molar-refractivity contribution in [3.05, 3.63) is 168 Å². The van der Waals surface area contributed by atoms with E-state index in [1.165, 1.54) is 0 Å². The van der Waals surface area contributed by atoms with E-state index >= 15 is 4.39 Å². The molecule has 0 saturated heterocycles. The van der Waals surface area contributed by atoms with Gasteiger partial charge < -0.3 is 0 Å². The van der Waals surface area contributed by atoms with E-state index < -0.39 is 11.3 Å². The first-order valence-electron chi connectivity index (χ1n) is 11.2. The zero-order valence-corrected chi connectivity index (χ0v) is 18.1. The Morgan fingerprint density at radius 2 is 0.818 bits per heavy atom. The predicted octanol–water partition coefficient (Wildman–Crippen LogP) is 5.13. The van der Waals surface area contributed by atoms with Crippen LogP contribution in [-0.4, -0.2) is 0 Å². The van der Waals surface area contributed by atoms with E-state index in [4.69, 9.17) is 0 Å². The van der Waals surface area contributed by atoms with E-state index in [2.05, 4.69) is 53.4 Å². The molecule has 33 heavy (non-hydrogen) atoms. The lowest BCUT2D eigenvalue weighted by Gasteiger charge is -2.39. The molecule has 0 unspecified atom stereocenters. The van der Waals surface area contributed by atoms with E-state index in [9.17, 15) is 0 Å². The summed E-state index contributed by atoms with van der Waals surface area (Å²) in [4.78, 5) is 0. The van der Waals surface area contributed by atoms with Gasteiger partial charge in [-0.3, -0.25) is 0 Å². The minimum atomic E-state index is -1.85. The van der Waals surface area contributed by atoms with E-state index in [-0.39, 0.29) is 0 Å². The zero-order valence-electron chi connectivity index (χ0n) is 18.1. The largest absolute Gasteiger partial charge is 0.362 e. The molecular formula is C30H23FN2+2. The highest BCUT2D eigenvalue weighted by atomic mass is 19.1. The summed E-state index contributed by atoms with van der Waals surface area (Å²) in [5.41, 5.74) is 3.48. The smallest absolute Gasteiger partial charge is 0.187 e. The summed E-state index contributed by atoms with van der Waals surface area (Å²) in [6.07, 6.45) is 7.75. The van der Waals surface area contributed by atoms with Crippen LogP contribution in [0.1, 0.15) is 27.8 Å². The van der Waals surface area contributed by atoms with Crippen molar-refractivity contribution >= 4 is 0 Å². The van der Waals surface area contributed by atoms with Crippen LogP contribution in [0.4, 0.5) is 4.39 Å². The normalized spacial score (nSPS) is 21.1. The third kappa shape index (κ3) is 2.66. The molecule has 1 aliphatic carbocycles. The topological polar surface area (TPSA) is 7.76 Å². The summed E-state index contributed by atoms with van der Waals surface area (Å²) in [6, 6.07) is 37.9. The SMILES string of the molecule is FC1([n+]2ccccc2)c2ccccc2C(c2ccccc2)([n+]2ccccc2)c2ccccc21. The van der Waals surface area contributed by atoms with Gasteiger partial charge in [0.2, 0.25) is 5.54 Å². The quantitative estimate of drug-likeness (QED) is 0.351. The third-order valence-corrected chi connectivity index (χ3v) is 6.71. The zero-order chi connectivity index (χ0) is 22.3. The van der Waals surface area contributed by atoms with Crippen molar-refractivity contribution < 1.29 is 13.5 Å². The number of alkyl halides is 1. The molecule has 0 N–H and O–H groups in total. The lowest BCUT2D eigenvalue weighted by molar-refractivity contribution is -0.775. The second-order valence-corrected chi connectivity index (χ2v) is 8.36. The number of rotatable bonds is 3. The predicted molar refractivity (Wildman–Crippen MR) is 125 cm³/mol. The third-order valence-electron chi connectivity index (χ3n) is 6.71. The van der Waals surface area contributed by atoms with Gasteiger partial charge in [0.25, 0.3) is 0 Å². The van der Waals surface area contributed by atoms with Crippen molar-refractivity contribution in [2.24, 2.45) is 0 Å². The Balaban J connectivity index is 1.82. The molecule has 158 valence electrons. The number of hydrogen-bond donors (Lipinski definition) is 0. The second kappa shape index (κ2) is 7.49. The van der Waals surface area contributed by atoms with Crippen LogP contribution in [-0.2, 0) is 11.3 Å². The van der Waals surface area contributed by atoms with Crippen molar-refractivity contribution in [1.29, 1.82) is 0 Å². The van der Waals surface area contributed by atoms with Gasteiger partial charge in [0, 0.05) is 41.0 Å². The summed E-state index contributed by atoms with van der Waals surface area (Å²) in [7, 11) is 0. The molecule has 0 atom stereocenters. The molecule has 0 radical (unpaired) electrons. The van der Waals surface area contributed by atoms with Crippen molar-refractivity contribution in [3.8, 4) is 0 Å². The Morgan fingerprint density at radius 3 is 1.33 bits per heavy atom. The Hall–Kier alpha value is -4.11. The number of halogens is 1. The second-order valence-electron chi connectivity index (χ2n) is 8.36. The molecule has 6 rings (SSSR count). The van der Waals surface area contributed by atoms with Crippen LogP contribution in [0, 0.1) is 0 Å². The van der Waals surface area contributed by atoms with E-state index in [1.54, 1.807) is 17.0 Å². The number of pyridine rings is 2. The lowest BCUT2D eigenvalue weighted by Crippen LogP contribution is -2.65. The Bertz CT molecular complexity index is 1330. The summed E-state index contributed by atoms with van der Waals surface area (Å²) >= 11 is 0.